The summed E-state index contributed by atoms with van der Waals surface area (Å²) in [6.45, 7) is 6.72. The molecule has 0 spiro atoms. The van der Waals surface area contributed by atoms with Crippen molar-refractivity contribution >= 4 is 10.9 Å². The van der Waals surface area contributed by atoms with Gasteiger partial charge in [-0.3, -0.25) is 0 Å². The molecule has 2 heteroatoms. The average molecular weight is 201 g/mol. The van der Waals surface area contributed by atoms with E-state index in [9.17, 15) is 0 Å². The fourth-order valence-electron chi connectivity index (χ4n) is 1.87. The smallest absolute Gasteiger partial charge is 0.119 e. The highest BCUT2D eigenvalue weighted by Gasteiger charge is 2.05. The van der Waals surface area contributed by atoms with Gasteiger partial charge in [0.2, 0.25) is 0 Å². The van der Waals surface area contributed by atoms with E-state index in [-0.39, 0.29) is 0 Å². The molecule has 2 aromatic rings. The van der Waals surface area contributed by atoms with Crippen LogP contribution in [0.5, 0.6) is 5.75 Å². The number of benzene rings is 1. The van der Waals surface area contributed by atoms with Crippen molar-refractivity contribution in [2.75, 3.05) is 7.11 Å². The van der Waals surface area contributed by atoms with Gasteiger partial charge in [0, 0.05) is 23.6 Å². The molecule has 0 amide bonds. The number of rotatable bonds is 3. The zero-order valence-corrected chi connectivity index (χ0v) is 9.16. The molecule has 0 saturated heterocycles. The minimum Gasteiger partial charge on any atom is -0.497 e. The van der Waals surface area contributed by atoms with E-state index in [0.29, 0.717) is 0 Å². The Morgan fingerprint density at radius 2 is 2.27 bits per heavy atom. The highest BCUT2D eigenvalue weighted by atomic mass is 16.5. The molecule has 0 aliphatic heterocycles. The van der Waals surface area contributed by atoms with Crippen LogP contribution in [0.2, 0.25) is 0 Å². The topological polar surface area (TPSA) is 14.2 Å². The van der Waals surface area contributed by atoms with Crippen molar-refractivity contribution < 1.29 is 4.74 Å². The van der Waals surface area contributed by atoms with Gasteiger partial charge in [-0.2, -0.15) is 0 Å². The number of methoxy groups -OCH3 is 1. The molecular weight excluding hydrogens is 186 g/mol. The van der Waals surface area contributed by atoms with Crippen molar-refractivity contribution in [3.8, 4) is 5.75 Å². The zero-order valence-electron chi connectivity index (χ0n) is 9.16. The molecule has 0 atom stereocenters. The Bertz CT molecular complexity index is 496. The second-order valence-electron chi connectivity index (χ2n) is 3.64. The normalized spacial score (nSPS) is 10.5. The average Bonchev–Trinajstić information content (AvgIpc) is 2.56. The monoisotopic (exact) mass is 201 g/mol. The Kier molecular flexibility index (Phi) is 2.50. The summed E-state index contributed by atoms with van der Waals surface area (Å²) in [6.07, 6.45) is 4.05. The maximum absolute atomic E-state index is 5.22. The Morgan fingerprint density at radius 3 is 2.93 bits per heavy atom. The van der Waals surface area contributed by atoms with Crippen molar-refractivity contribution in [2.24, 2.45) is 0 Å². The maximum Gasteiger partial charge on any atom is 0.119 e. The van der Waals surface area contributed by atoms with Crippen molar-refractivity contribution in [3.05, 3.63) is 42.6 Å². The van der Waals surface area contributed by atoms with Crippen molar-refractivity contribution in [1.82, 2.24) is 4.57 Å². The molecule has 0 radical (unpaired) electrons. The number of hydrogen-bond acceptors (Lipinski definition) is 1. The van der Waals surface area contributed by atoms with Crippen LogP contribution >= 0.6 is 0 Å². The lowest BCUT2D eigenvalue weighted by molar-refractivity contribution is 0.415. The first-order chi connectivity index (χ1) is 7.26. The van der Waals surface area contributed by atoms with Crippen LogP contribution in [0, 0.1) is 6.92 Å². The second kappa shape index (κ2) is 3.81. The summed E-state index contributed by atoms with van der Waals surface area (Å²) < 4.78 is 7.41. The molecule has 15 heavy (non-hydrogen) atoms. The quantitative estimate of drug-likeness (QED) is 0.696. The molecule has 0 fully saturated rings. The third-order valence-corrected chi connectivity index (χ3v) is 2.61. The summed E-state index contributed by atoms with van der Waals surface area (Å²) in [5, 5.41) is 1.25. The molecular formula is C13H15NO. The van der Waals surface area contributed by atoms with Gasteiger partial charge in [-0.1, -0.05) is 6.08 Å². The predicted octanol–water partition coefficient (Wildman–Crippen LogP) is 3.14. The molecule has 2 rings (SSSR count). The van der Waals surface area contributed by atoms with E-state index in [2.05, 4.69) is 36.4 Å². The SMILES string of the molecule is C=CCn1cc(C)c2cc(OC)ccc21. The first kappa shape index (κ1) is 9.84. The van der Waals surface area contributed by atoms with E-state index in [1.165, 1.54) is 16.5 Å². The van der Waals surface area contributed by atoms with Crippen molar-refractivity contribution in [2.45, 2.75) is 13.5 Å². The fraction of sp³-hybridized carbons (Fsp3) is 0.231. The molecule has 1 aromatic heterocycles. The van der Waals surface area contributed by atoms with Crippen LogP contribution in [0.1, 0.15) is 5.56 Å². The molecule has 78 valence electrons. The van der Waals surface area contributed by atoms with E-state index in [0.717, 1.165) is 12.3 Å². The number of ether oxygens (including phenoxy) is 1. The maximum atomic E-state index is 5.22. The highest BCUT2D eigenvalue weighted by Crippen LogP contribution is 2.25. The van der Waals surface area contributed by atoms with Crippen LogP contribution in [0.25, 0.3) is 10.9 Å². The number of allylic oxidation sites excluding steroid dienone is 1. The Morgan fingerprint density at radius 1 is 1.47 bits per heavy atom. The zero-order chi connectivity index (χ0) is 10.8. The summed E-state index contributed by atoms with van der Waals surface area (Å²) >= 11 is 0. The Labute approximate surface area is 89.8 Å². The predicted molar refractivity (Wildman–Crippen MR) is 63.4 cm³/mol. The van der Waals surface area contributed by atoms with Gasteiger partial charge in [0.05, 0.1) is 7.11 Å². The van der Waals surface area contributed by atoms with Crippen LogP contribution in [-0.2, 0) is 6.54 Å². The fourth-order valence-corrected chi connectivity index (χ4v) is 1.87. The molecule has 0 saturated carbocycles. The number of hydrogen-bond donors (Lipinski definition) is 0. The minimum absolute atomic E-state index is 0.844. The van der Waals surface area contributed by atoms with Gasteiger partial charge < -0.3 is 9.30 Å². The van der Waals surface area contributed by atoms with Crippen molar-refractivity contribution in [3.63, 3.8) is 0 Å². The van der Waals surface area contributed by atoms with Gasteiger partial charge in [0.1, 0.15) is 5.75 Å². The van der Waals surface area contributed by atoms with Gasteiger partial charge in [-0.05, 0) is 30.7 Å². The minimum atomic E-state index is 0.844. The van der Waals surface area contributed by atoms with Gasteiger partial charge in [-0.25, -0.2) is 0 Å². The number of aromatic nitrogens is 1. The number of aryl methyl sites for hydroxylation is 1. The third kappa shape index (κ3) is 1.63. The Balaban J connectivity index is 2.63. The van der Waals surface area contributed by atoms with Crippen LogP contribution < -0.4 is 4.74 Å². The van der Waals surface area contributed by atoms with Crippen LogP contribution in [0.3, 0.4) is 0 Å². The lowest BCUT2D eigenvalue weighted by atomic mass is 10.2. The van der Waals surface area contributed by atoms with E-state index < -0.39 is 0 Å². The van der Waals surface area contributed by atoms with E-state index in [1.807, 2.05) is 12.1 Å². The standard InChI is InChI=1S/C13H15NO/c1-4-7-14-9-10(2)12-8-11(15-3)5-6-13(12)14/h4-6,8-9H,1,7H2,2-3H3. The molecule has 2 nitrogen and oxygen atoms in total. The molecule has 0 N–H and O–H groups in total. The number of fused-ring (bicyclic) bond motifs is 1. The molecule has 1 aromatic carbocycles. The van der Waals surface area contributed by atoms with E-state index in [1.54, 1.807) is 7.11 Å². The molecule has 1 heterocycles. The third-order valence-electron chi connectivity index (χ3n) is 2.61. The van der Waals surface area contributed by atoms with Gasteiger partial charge in [0.15, 0.2) is 0 Å². The summed E-state index contributed by atoms with van der Waals surface area (Å²) in [4.78, 5) is 0. The van der Waals surface area contributed by atoms with Gasteiger partial charge in [0.25, 0.3) is 0 Å². The van der Waals surface area contributed by atoms with Crippen LogP contribution in [0.15, 0.2) is 37.1 Å². The van der Waals surface area contributed by atoms with Crippen LogP contribution in [-0.4, -0.2) is 11.7 Å². The second-order valence-corrected chi connectivity index (χ2v) is 3.64. The molecule has 0 aliphatic carbocycles. The van der Waals surface area contributed by atoms with Gasteiger partial charge in [-0.15, -0.1) is 6.58 Å². The lowest BCUT2D eigenvalue weighted by Gasteiger charge is -2.02. The molecule has 0 unspecified atom stereocenters. The summed E-state index contributed by atoms with van der Waals surface area (Å²) in [5.74, 6) is 0.905. The van der Waals surface area contributed by atoms with E-state index in [4.69, 9.17) is 4.74 Å². The molecule has 0 bridgehead atoms. The summed E-state index contributed by atoms with van der Waals surface area (Å²) in [5.41, 5.74) is 2.50. The first-order valence-corrected chi connectivity index (χ1v) is 5.00. The molecule has 0 aliphatic rings. The Hall–Kier alpha value is -1.70. The first-order valence-electron chi connectivity index (χ1n) is 5.00. The highest BCUT2D eigenvalue weighted by molar-refractivity contribution is 5.85. The summed E-state index contributed by atoms with van der Waals surface area (Å²) in [6, 6.07) is 6.15. The lowest BCUT2D eigenvalue weighted by Crippen LogP contribution is -1.91. The van der Waals surface area contributed by atoms with Crippen LogP contribution in [0.4, 0.5) is 0 Å². The summed E-state index contributed by atoms with van der Waals surface area (Å²) in [7, 11) is 1.69. The van der Waals surface area contributed by atoms with E-state index >= 15 is 0 Å². The largest absolute Gasteiger partial charge is 0.497 e. The number of nitrogens with zero attached hydrogens (tertiary/aromatic N) is 1. The van der Waals surface area contributed by atoms with Crippen molar-refractivity contribution in [1.29, 1.82) is 0 Å². The van der Waals surface area contributed by atoms with Gasteiger partial charge >= 0.3 is 0 Å².